The number of anilines is 2. The van der Waals surface area contributed by atoms with Crippen LogP contribution in [0.4, 0.5) is 10.8 Å². The second-order valence-electron chi connectivity index (χ2n) is 4.46. The fraction of sp³-hybridized carbons (Fsp3) is 0.0667. The smallest absolute Gasteiger partial charge is 0.147 e. The van der Waals surface area contributed by atoms with E-state index in [0.29, 0.717) is 12.4 Å². The lowest BCUT2D eigenvalue weighted by atomic mass is 10.1. The second kappa shape index (κ2) is 6.11. The average Bonchev–Trinajstić information content (AvgIpc) is 2.88. The predicted molar refractivity (Wildman–Crippen MR) is 88.5 cm³/mol. The molecule has 2 heterocycles. The molecule has 106 valence electrons. The van der Waals surface area contributed by atoms with Crippen LogP contribution in [-0.2, 0) is 6.54 Å². The van der Waals surface area contributed by atoms with Gasteiger partial charge in [0.2, 0.25) is 0 Å². The number of pyridine rings is 1. The topological polar surface area (TPSA) is 63.8 Å². The van der Waals surface area contributed by atoms with Crippen LogP contribution < -0.4 is 11.1 Å². The maximum Gasteiger partial charge on any atom is 0.147 e. The average molecular weight is 317 g/mol. The van der Waals surface area contributed by atoms with Crippen LogP contribution in [0.1, 0.15) is 5.56 Å². The summed E-state index contributed by atoms with van der Waals surface area (Å²) in [6.07, 6.45) is 3.51. The Kier molecular flexibility index (Phi) is 4.03. The third-order valence-electron chi connectivity index (χ3n) is 3.07. The highest BCUT2D eigenvalue weighted by atomic mass is 35.5. The molecule has 1 aromatic carbocycles. The van der Waals surface area contributed by atoms with E-state index >= 15 is 0 Å². The van der Waals surface area contributed by atoms with Gasteiger partial charge in [0.1, 0.15) is 10.8 Å². The number of nitrogen functional groups attached to an aromatic ring is 1. The molecule has 0 spiro atoms. The fourth-order valence-corrected chi connectivity index (χ4v) is 2.96. The Balaban J connectivity index is 1.86. The quantitative estimate of drug-likeness (QED) is 0.762. The minimum atomic E-state index is 0.509. The van der Waals surface area contributed by atoms with Crippen LogP contribution in [0.3, 0.4) is 0 Å². The molecule has 3 rings (SSSR count). The van der Waals surface area contributed by atoms with Gasteiger partial charge in [-0.1, -0.05) is 35.9 Å². The number of nitrogens with zero attached hydrogens (tertiary/aromatic N) is 2. The first kappa shape index (κ1) is 13.9. The van der Waals surface area contributed by atoms with Crippen molar-refractivity contribution in [2.45, 2.75) is 6.54 Å². The summed E-state index contributed by atoms with van der Waals surface area (Å²) in [7, 11) is 0. The molecule has 0 radical (unpaired) electrons. The van der Waals surface area contributed by atoms with Crippen LogP contribution in [-0.4, -0.2) is 9.36 Å². The zero-order valence-corrected chi connectivity index (χ0v) is 12.7. The molecule has 0 bridgehead atoms. The maximum absolute atomic E-state index is 6.17. The number of halogens is 1. The summed E-state index contributed by atoms with van der Waals surface area (Å²) in [4.78, 5) is 4.13. The monoisotopic (exact) mass is 316 g/mol. The Morgan fingerprint density at radius 3 is 2.81 bits per heavy atom. The van der Waals surface area contributed by atoms with Crippen LogP contribution in [0.5, 0.6) is 0 Å². The Hall–Kier alpha value is -2.11. The molecule has 3 N–H and O–H groups in total. The Labute approximate surface area is 131 Å². The van der Waals surface area contributed by atoms with E-state index in [1.807, 2.05) is 36.4 Å². The largest absolute Gasteiger partial charge is 0.382 e. The van der Waals surface area contributed by atoms with Gasteiger partial charge in [-0.15, -0.1) is 0 Å². The molecule has 0 aliphatic carbocycles. The minimum absolute atomic E-state index is 0.509. The molecule has 0 aliphatic heterocycles. The molecule has 0 saturated carbocycles. The van der Waals surface area contributed by atoms with Crippen molar-refractivity contribution in [3.05, 3.63) is 59.4 Å². The molecule has 0 fully saturated rings. The predicted octanol–water partition coefficient (Wildman–Crippen LogP) is 4.05. The SMILES string of the molecule is Nc1nsc(NCc2ccccc2Cl)c1-c1cccnc1. The van der Waals surface area contributed by atoms with E-state index in [0.717, 1.165) is 26.7 Å². The van der Waals surface area contributed by atoms with Gasteiger partial charge in [-0.05, 0) is 29.2 Å². The standard InChI is InChI=1S/C15H13ClN4S/c16-12-6-2-1-4-10(12)9-19-15-13(14(17)20-21-15)11-5-3-7-18-8-11/h1-8,19H,9H2,(H2,17,20). The van der Waals surface area contributed by atoms with E-state index in [4.69, 9.17) is 17.3 Å². The lowest BCUT2D eigenvalue weighted by Gasteiger charge is -2.08. The van der Waals surface area contributed by atoms with E-state index in [-0.39, 0.29) is 0 Å². The van der Waals surface area contributed by atoms with Crippen molar-refractivity contribution in [1.29, 1.82) is 0 Å². The number of benzene rings is 1. The zero-order chi connectivity index (χ0) is 14.7. The second-order valence-corrected chi connectivity index (χ2v) is 5.64. The van der Waals surface area contributed by atoms with E-state index < -0.39 is 0 Å². The third-order valence-corrected chi connectivity index (χ3v) is 4.25. The van der Waals surface area contributed by atoms with E-state index in [1.165, 1.54) is 11.5 Å². The van der Waals surface area contributed by atoms with Crippen LogP contribution in [0, 0.1) is 0 Å². The number of nitrogens with one attached hydrogen (secondary N) is 1. The normalized spacial score (nSPS) is 10.5. The molecular weight excluding hydrogens is 304 g/mol. The minimum Gasteiger partial charge on any atom is -0.382 e. The highest BCUT2D eigenvalue weighted by Crippen LogP contribution is 2.36. The van der Waals surface area contributed by atoms with Crippen LogP contribution >= 0.6 is 23.1 Å². The van der Waals surface area contributed by atoms with Crippen LogP contribution in [0.2, 0.25) is 5.02 Å². The van der Waals surface area contributed by atoms with E-state index in [1.54, 1.807) is 12.4 Å². The summed E-state index contributed by atoms with van der Waals surface area (Å²) in [5, 5.41) is 5.01. The number of aromatic nitrogens is 2. The molecule has 0 saturated heterocycles. The maximum atomic E-state index is 6.17. The number of rotatable bonds is 4. The third kappa shape index (κ3) is 2.99. The lowest BCUT2D eigenvalue weighted by Crippen LogP contribution is -2.00. The summed E-state index contributed by atoms with van der Waals surface area (Å²) in [6, 6.07) is 11.6. The first-order valence-corrected chi connectivity index (χ1v) is 7.53. The zero-order valence-electron chi connectivity index (χ0n) is 11.1. The van der Waals surface area contributed by atoms with Gasteiger partial charge in [-0.25, -0.2) is 0 Å². The van der Waals surface area contributed by atoms with Gasteiger partial charge in [0.25, 0.3) is 0 Å². The molecule has 21 heavy (non-hydrogen) atoms. The van der Waals surface area contributed by atoms with Crippen molar-refractivity contribution in [2.75, 3.05) is 11.1 Å². The molecule has 0 atom stereocenters. The fourth-order valence-electron chi connectivity index (χ4n) is 2.03. The van der Waals surface area contributed by atoms with Crippen molar-refractivity contribution >= 4 is 34.0 Å². The highest BCUT2D eigenvalue weighted by Gasteiger charge is 2.13. The molecule has 0 unspecified atom stereocenters. The lowest BCUT2D eigenvalue weighted by molar-refractivity contribution is 1.16. The van der Waals surface area contributed by atoms with E-state index in [9.17, 15) is 0 Å². The van der Waals surface area contributed by atoms with Crippen molar-refractivity contribution in [1.82, 2.24) is 9.36 Å². The summed E-state index contributed by atoms with van der Waals surface area (Å²) >= 11 is 7.50. The van der Waals surface area contributed by atoms with Gasteiger partial charge in [0, 0.05) is 29.5 Å². The Morgan fingerprint density at radius 2 is 2.05 bits per heavy atom. The van der Waals surface area contributed by atoms with Gasteiger partial charge in [-0.2, -0.15) is 4.37 Å². The number of hydrogen-bond acceptors (Lipinski definition) is 5. The van der Waals surface area contributed by atoms with Crippen molar-refractivity contribution in [2.24, 2.45) is 0 Å². The van der Waals surface area contributed by atoms with Gasteiger partial charge in [-0.3, -0.25) is 4.98 Å². The van der Waals surface area contributed by atoms with Crippen molar-refractivity contribution in [3.8, 4) is 11.1 Å². The first-order valence-electron chi connectivity index (χ1n) is 6.38. The van der Waals surface area contributed by atoms with Gasteiger partial charge < -0.3 is 11.1 Å². The number of nitrogens with two attached hydrogens (primary N) is 1. The van der Waals surface area contributed by atoms with E-state index in [2.05, 4.69) is 14.7 Å². The molecular formula is C15H13ClN4S. The van der Waals surface area contributed by atoms with Crippen LogP contribution in [0.25, 0.3) is 11.1 Å². The molecule has 3 aromatic rings. The number of hydrogen-bond donors (Lipinski definition) is 2. The molecule has 6 heteroatoms. The Bertz CT molecular complexity index is 742. The summed E-state index contributed by atoms with van der Waals surface area (Å²) in [5.74, 6) is 0.509. The summed E-state index contributed by atoms with van der Waals surface area (Å²) < 4.78 is 4.22. The molecule has 0 aliphatic rings. The summed E-state index contributed by atoms with van der Waals surface area (Å²) in [5.41, 5.74) is 8.85. The van der Waals surface area contributed by atoms with Gasteiger partial charge in [0.05, 0.1) is 5.56 Å². The van der Waals surface area contributed by atoms with Gasteiger partial charge >= 0.3 is 0 Å². The summed E-state index contributed by atoms with van der Waals surface area (Å²) in [6.45, 7) is 0.620. The van der Waals surface area contributed by atoms with Gasteiger partial charge in [0.15, 0.2) is 0 Å². The van der Waals surface area contributed by atoms with Crippen molar-refractivity contribution < 1.29 is 0 Å². The highest BCUT2D eigenvalue weighted by molar-refractivity contribution is 7.11. The first-order chi connectivity index (χ1) is 10.3. The molecule has 2 aromatic heterocycles. The molecule has 0 amide bonds. The van der Waals surface area contributed by atoms with Crippen LogP contribution in [0.15, 0.2) is 48.8 Å². The molecule has 4 nitrogen and oxygen atoms in total. The Morgan fingerprint density at radius 1 is 1.19 bits per heavy atom. The van der Waals surface area contributed by atoms with Crippen molar-refractivity contribution in [3.63, 3.8) is 0 Å².